The van der Waals surface area contributed by atoms with Crippen molar-refractivity contribution >= 4 is 0 Å². The molecule has 0 unspecified atom stereocenters. The van der Waals surface area contributed by atoms with Crippen molar-refractivity contribution in [1.82, 2.24) is 5.32 Å². The van der Waals surface area contributed by atoms with Crippen LogP contribution >= 0.6 is 0 Å². The van der Waals surface area contributed by atoms with Crippen LogP contribution < -0.4 is 10.1 Å². The Morgan fingerprint density at radius 2 is 1.87 bits per heavy atom. The first-order valence-corrected chi connectivity index (χ1v) is 8.01. The van der Waals surface area contributed by atoms with Crippen molar-refractivity contribution in [2.24, 2.45) is 5.41 Å². The third kappa shape index (κ3) is 4.34. The van der Waals surface area contributed by atoms with Crippen LogP contribution in [-0.2, 0) is 11.3 Å². The molecular weight excluding hydrogens is 294 g/mol. The number of ether oxygens (including phenoxy) is 2. The fraction of sp³-hybridized carbons (Fsp3) is 0.444. The van der Waals surface area contributed by atoms with Gasteiger partial charge in [0.05, 0.1) is 13.2 Å². The zero-order valence-electron chi connectivity index (χ0n) is 13.2. The van der Waals surface area contributed by atoms with Crippen molar-refractivity contribution < 1.29 is 19.0 Å². The number of benzene rings is 1. The number of hydrogen-bond donors (Lipinski definition) is 2. The highest BCUT2D eigenvalue weighted by Gasteiger charge is 2.31. The van der Waals surface area contributed by atoms with Crippen LogP contribution in [0.25, 0.3) is 0 Å². The van der Waals surface area contributed by atoms with Gasteiger partial charge < -0.3 is 24.3 Å². The zero-order valence-corrected chi connectivity index (χ0v) is 13.2. The first kappa shape index (κ1) is 16.1. The molecule has 2 aromatic rings. The van der Waals surface area contributed by atoms with Crippen LogP contribution in [0.3, 0.4) is 0 Å². The molecule has 1 aliphatic rings. The molecule has 0 saturated carbocycles. The van der Waals surface area contributed by atoms with Crippen LogP contribution in [0.15, 0.2) is 46.9 Å². The van der Waals surface area contributed by atoms with Gasteiger partial charge >= 0.3 is 0 Å². The number of hydrogen-bond acceptors (Lipinski definition) is 5. The summed E-state index contributed by atoms with van der Waals surface area (Å²) in [5.74, 6) is 2.05. The van der Waals surface area contributed by atoms with Gasteiger partial charge in [0.15, 0.2) is 0 Å². The zero-order chi connectivity index (χ0) is 16.0. The van der Waals surface area contributed by atoms with E-state index in [9.17, 15) is 5.11 Å². The smallest absolute Gasteiger partial charge is 0.290 e. The van der Waals surface area contributed by atoms with Crippen LogP contribution in [0.1, 0.15) is 18.6 Å². The van der Waals surface area contributed by atoms with Crippen LogP contribution in [0.2, 0.25) is 0 Å². The molecule has 1 aromatic heterocycles. The Morgan fingerprint density at radius 3 is 2.61 bits per heavy atom. The summed E-state index contributed by atoms with van der Waals surface area (Å²) in [6, 6.07) is 13.3. The normalized spacial score (nSPS) is 17.1. The van der Waals surface area contributed by atoms with E-state index in [1.165, 1.54) is 0 Å². The lowest BCUT2D eigenvalue weighted by molar-refractivity contribution is -0.0155. The average molecular weight is 317 g/mol. The molecule has 1 saturated heterocycles. The van der Waals surface area contributed by atoms with Gasteiger partial charge in [-0.05, 0) is 31.0 Å². The SMILES string of the molecule is OCC1(CNCc2ccc(Oc3ccccc3)o2)CCOCC1. The van der Waals surface area contributed by atoms with Crippen molar-refractivity contribution in [3.63, 3.8) is 0 Å². The summed E-state index contributed by atoms with van der Waals surface area (Å²) in [4.78, 5) is 0. The number of aliphatic hydroxyl groups is 1. The summed E-state index contributed by atoms with van der Waals surface area (Å²) in [6.45, 7) is 2.99. The molecule has 0 aliphatic carbocycles. The van der Waals surface area contributed by atoms with Gasteiger partial charge in [-0.3, -0.25) is 0 Å². The predicted octanol–water partition coefficient (Wildman–Crippen LogP) is 2.95. The molecule has 1 fully saturated rings. The van der Waals surface area contributed by atoms with Gasteiger partial charge in [0.1, 0.15) is 11.5 Å². The maximum absolute atomic E-state index is 9.67. The minimum atomic E-state index is -0.0752. The molecular formula is C18H23NO4. The molecule has 124 valence electrons. The average Bonchev–Trinajstić information content (AvgIpc) is 3.04. The fourth-order valence-corrected chi connectivity index (χ4v) is 2.76. The Morgan fingerprint density at radius 1 is 1.09 bits per heavy atom. The molecule has 0 radical (unpaired) electrons. The predicted molar refractivity (Wildman–Crippen MR) is 86.5 cm³/mol. The molecule has 5 heteroatoms. The molecule has 23 heavy (non-hydrogen) atoms. The molecule has 0 bridgehead atoms. The van der Waals surface area contributed by atoms with Crippen LogP contribution in [0.5, 0.6) is 11.7 Å². The molecule has 0 amide bonds. The van der Waals surface area contributed by atoms with Gasteiger partial charge in [-0.2, -0.15) is 0 Å². The first-order chi connectivity index (χ1) is 11.3. The number of aliphatic hydroxyl groups excluding tert-OH is 1. The maximum atomic E-state index is 9.67. The van der Waals surface area contributed by atoms with E-state index >= 15 is 0 Å². The summed E-state index contributed by atoms with van der Waals surface area (Å²) < 4.78 is 16.7. The van der Waals surface area contributed by atoms with Crippen LogP contribution in [0, 0.1) is 5.41 Å². The molecule has 0 spiro atoms. The van der Waals surface area contributed by atoms with Crippen molar-refractivity contribution in [1.29, 1.82) is 0 Å². The molecule has 2 N–H and O–H groups in total. The van der Waals surface area contributed by atoms with E-state index in [0.29, 0.717) is 12.5 Å². The molecule has 1 aliphatic heterocycles. The van der Waals surface area contributed by atoms with Crippen molar-refractivity contribution in [3.05, 3.63) is 48.2 Å². The van der Waals surface area contributed by atoms with Gasteiger partial charge in [-0.25, -0.2) is 0 Å². The third-order valence-corrected chi connectivity index (χ3v) is 4.29. The van der Waals surface area contributed by atoms with Crippen LogP contribution in [0.4, 0.5) is 0 Å². The number of nitrogens with one attached hydrogen (secondary N) is 1. The summed E-state index contributed by atoms with van der Waals surface area (Å²) in [5, 5.41) is 13.0. The Hall–Kier alpha value is -1.82. The molecule has 2 heterocycles. The lowest BCUT2D eigenvalue weighted by atomic mass is 9.81. The lowest BCUT2D eigenvalue weighted by Crippen LogP contribution is -2.41. The first-order valence-electron chi connectivity index (χ1n) is 8.01. The van der Waals surface area contributed by atoms with E-state index in [4.69, 9.17) is 13.9 Å². The molecule has 5 nitrogen and oxygen atoms in total. The summed E-state index contributed by atoms with van der Waals surface area (Å²) in [7, 11) is 0. The van der Waals surface area contributed by atoms with E-state index in [2.05, 4.69) is 5.32 Å². The van der Waals surface area contributed by atoms with E-state index in [0.717, 1.165) is 44.1 Å². The second kappa shape index (κ2) is 7.64. The quantitative estimate of drug-likeness (QED) is 0.822. The third-order valence-electron chi connectivity index (χ3n) is 4.29. The fourth-order valence-electron chi connectivity index (χ4n) is 2.76. The Labute approximate surface area is 136 Å². The van der Waals surface area contributed by atoms with E-state index in [1.807, 2.05) is 42.5 Å². The Kier molecular flexibility index (Phi) is 5.33. The summed E-state index contributed by atoms with van der Waals surface area (Å²) >= 11 is 0. The highest BCUT2D eigenvalue weighted by Crippen LogP contribution is 2.29. The minimum absolute atomic E-state index is 0.0752. The second-order valence-electron chi connectivity index (χ2n) is 6.01. The number of furan rings is 1. The number of rotatable bonds is 7. The highest BCUT2D eigenvalue weighted by molar-refractivity contribution is 5.26. The Balaban J connectivity index is 1.49. The van der Waals surface area contributed by atoms with Gasteiger partial charge in [0, 0.05) is 31.2 Å². The van der Waals surface area contributed by atoms with Gasteiger partial charge in [-0.15, -0.1) is 0 Å². The lowest BCUT2D eigenvalue weighted by Gasteiger charge is -2.35. The number of para-hydroxylation sites is 1. The van der Waals surface area contributed by atoms with Crippen molar-refractivity contribution in [3.8, 4) is 11.7 Å². The van der Waals surface area contributed by atoms with Crippen molar-refractivity contribution in [2.75, 3.05) is 26.4 Å². The van der Waals surface area contributed by atoms with Gasteiger partial charge in [-0.1, -0.05) is 18.2 Å². The summed E-state index contributed by atoms with van der Waals surface area (Å²) in [6.07, 6.45) is 1.77. The molecule has 0 atom stereocenters. The minimum Gasteiger partial charge on any atom is -0.429 e. The molecule has 3 rings (SSSR count). The molecule has 1 aromatic carbocycles. The largest absolute Gasteiger partial charge is 0.429 e. The van der Waals surface area contributed by atoms with Crippen molar-refractivity contribution in [2.45, 2.75) is 19.4 Å². The second-order valence-corrected chi connectivity index (χ2v) is 6.01. The van der Waals surface area contributed by atoms with Gasteiger partial charge in [0.2, 0.25) is 0 Å². The highest BCUT2D eigenvalue weighted by atomic mass is 16.6. The van der Waals surface area contributed by atoms with E-state index in [-0.39, 0.29) is 12.0 Å². The van der Waals surface area contributed by atoms with E-state index in [1.54, 1.807) is 0 Å². The standard InChI is InChI=1S/C18H23NO4/c20-14-18(8-10-21-11-9-18)13-19-12-16-6-7-17(23-16)22-15-4-2-1-3-5-15/h1-7,19-20H,8-14H2. The van der Waals surface area contributed by atoms with Crippen LogP contribution in [-0.4, -0.2) is 31.5 Å². The monoisotopic (exact) mass is 317 g/mol. The summed E-state index contributed by atoms with van der Waals surface area (Å²) in [5.41, 5.74) is -0.0752. The maximum Gasteiger partial charge on any atom is 0.290 e. The topological polar surface area (TPSA) is 63.9 Å². The van der Waals surface area contributed by atoms with Gasteiger partial charge in [0.25, 0.3) is 5.95 Å². The Bertz CT molecular complexity index is 590. The van der Waals surface area contributed by atoms with E-state index < -0.39 is 0 Å².